The third-order valence-corrected chi connectivity index (χ3v) is 15.8. The molecule has 0 spiro atoms. The van der Waals surface area contributed by atoms with Crippen LogP contribution in [-0.2, 0) is 33.2 Å². The molecule has 12 N–H and O–H groups in total. The lowest BCUT2D eigenvalue weighted by atomic mass is 9.96. The van der Waals surface area contributed by atoms with Gasteiger partial charge >= 0.3 is 0 Å². The molecule has 0 aromatic heterocycles. The van der Waals surface area contributed by atoms with Gasteiger partial charge in [0.25, 0.3) is 0 Å². The van der Waals surface area contributed by atoms with E-state index in [1.807, 2.05) is 6.08 Å². The van der Waals surface area contributed by atoms with Crippen LogP contribution >= 0.6 is 0 Å². The molecule has 19 nitrogen and oxygen atoms in total. The minimum absolute atomic E-state index is 0.248. The smallest absolute Gasteiger partial charge is 0.220 e. The number of rotatable bonds is 46. The molecule has 0 saturated carbocycles. The second-order valence-electron chi connectivity index (χ2n) is 22.5. The molecule has 17 unspecified atom stereocenters. The Bertz CT molecular complexity index is 1480. The maximum absolute atomic E-state index is 13.3. The quantitative estimate of drug-likeness (QED) is 0.0254. The molecule has 78 heavy (non-hydrogen) atoms. The van der Waals surface area contributed by atoms with E-state index in [1.54, 1.807) is 6.08 Å². The summed E-state index contributed by atoms with van der Waals surface area (Å²) in [5.74, 6) is -0.273. The van der Waals surface area contributed by atoms with Crippen LogP contribution in [0.1, 0.15) is 226 Å². The number of hydrogen-bond donors (Lipinski definition) is 12. The molecular weight excluding hydrogens is 1010 g/mol. The first kappa shape index (κ1) is 70.8. The number of allylic oxidation sites excluding steroid dienone is 1. The van der Waals surface area contributed by atoms with E-state index < -0.39 is 124 Å². The van der Waals surface area contributed by atoms with Gasteiger partial charge in [-0.15, -0.1) is 0 Å². The van der Waals surface area contributed by atoms with Crippen LogP contribution in [0.2, 0.25) is 0 Å². The highest BCUT2D eigenvalue weighted by Gasteiger charge is 2.53. The van der Waals surface area contributed by atoms with Gasteiger partial charge in [-0.05, 0) is 19.3 Å². The fourth-order valence-corrected chi connectivity index (χ4v) is 10.7. The van der Waals surface area contributed by atoms with Crippen molar-refractivity contribution in [2.24, 2.45) is 0 Å². The van der Waals surface area contributed by atoms with Crippen LogP contribution in [-0.4, -0.2) is 193 Å². The summed E-state index contributed by atoms with van der Waals surface area (Å²) in [6.45, 7) is 1.73. The molecular formula is C59H111NO18. The zero-order chi connectivity index (χ0) is 56.9. The summed E-state index contributed by atoms with van der Waals surface area (Å²) in [6, 6.07) is -0.966. The summed E-state index contributed by atoms with van der Waals surface area (Å²) in [7, 11) is 0. The fourth-order valence-electron chi connectivity index (χ4n) is 10.7. The van der Waals surface area contributed by atoms with Gasteiger partial charge in [-0.25, -0.2) is 0 Å². The summed E-state index contributed by atoms with van der Waals surface area (Å²) in [5, 5.41) is 120. The second-order valence-corrected chi connectivity index (χ2v) is 22.5. The van der Waals surface area contributed by atoms with Gasteiger partial charge in [0.05, 0.1) is 38.6 Å². The summed E-state index contributed by atoms with van der Waals surface area (Å²) in [6.07, 6.45) is 16.2. The molecule has 3 fully saturated rings. The SMILES string of the molecule is CCCCCCCCCCCCCCCCCCCC/C=C/C(O)C(COC1OC(CO)C(OC2OC(CO)C(OC3OC(CO)C(O)C(O)C3O)C(O)C2O)C(O)C1O)NC(=O)CCCCCCCCCCCCCCC. The van der Waals surface area contributed by atoms with Gasteiger partial charge < -0.3 is 89.9 Å². The van der Waals surface area contributed by atoms with Gasteiger partial charge in [-0.2, -0.15) is 0 Å². The second kappa shape index (κ2) is 43.2. The van der Waals surface area contributed by atoms with Crippen molar-refractivity contribution in [3.05, 3.63) is 12.2 Å². The first-order valence-corrected chi connectivity index (χ1v) is 30.9. The highest BCUT2D eigenvalue weighted by molar-refractivity contribution is 5.76. The lowest BCUT2D eigenvalue weighted by Gasteiger charge is -2.48. The zero-order valence-electron chi connectivity index (χ0n) is 47.9. The first-order valence-electron chi connectivity index (χ1n) is 30.9. The Balaban J connectivity index is 1.49. The van der Waals surface area contributed by atoms with Crippen molar-refractivity contribution in [1.82, 2.24) is 5.32 Å². The van der Waals surface area contributed by atoms with Crippen molar-refractivity contribution in [3.8, 4) is 0 Å². The van der Waals surface area contributed by atoms with E-state index in [9.17, 15) is 61.0 Å². The molecule has 0 aromatic rings. The Kier molecular flexibility index (Phi) is 39.2. The number of unbranched alkanes of at least 4 members (excludes halogenated alkanes) is 30. The molecule has 3 saturated heterocycles. The predicted molar refractivity (Wildman–Crippen MR) is 296 cm³/mol. The minimum atomic E-state index is -1.97. The molecule has 0 aromatic carbocycles. The Morgan fingerprint density at radius 3 is 1.21 bits per heavy atom. The van der Waals surface area contributed by atoms with E-state index in [1.165, 1.54) is 154 Å². The summed E-state index contributed by atoms with van der Waals surface area (Å²) in [5.41, 5.74) is 0. The molecule has 3 aliphatic heterocycles. The first-order chi connectivity index (χ1) is 37.8. The number of nitrogens with one attached hydrogen (secondary N) is 1. The van der Waals surface area contributed by atoms with Crippen molar-refractivity contribution in [1.29, 1.82) is 0 Å². The zero-order valence-corrected chi connectivity index (χ0v) is 47.9. The van der Waals surface area contributed by atoms with Crippen molar-refractivity contribution < 1.29 is 89.4 Å². The van der Waals surface area contributed by atoms with Crippen LogP contribution < -0.4 is 5.32 Å². The largest absolute Gasteiger partial charge is 0.394 e. The maximum atomic E-state index is 13.3. The third kappa shape index (κ3) is 26.8. The van der Waals surface area contributed by atoms with Crippen molar-refractivity contribution >= 4 is 5.91 Å². The van der Waals surface area contributed by atoms with Crippen LogP contribution in [0.15, 0.2) is 12.2 Å². The number of aliphatic hydroxyl groups excluding tert-OH is 11. The lowest BCUT2D eigenvalue weighted by molar-refractivity contribution is -0.379. The fraction of sp³-hybridized carbons (Fsp3) is 0.949. The number of amides is 1. The van der Waals surface area contributed by atoms with E-state index >= 15 is 0 Å². The summed E-state index contributed by atoms with van der Waals surface area (Å²) in [4.78, 5) is 13.3. The number of carbonyl (C=O) groups is 1. The monoisotopic (exact) mass is 1120 g/mol. The van der Waals surface area contributed by atoms with E-state index in [0.29, 0.717) is 6.42 Å². The van der Waals surface area contributed by atoms with Crippen molar-refractivity contribution in [2.45, 2.75) is 330 Å². The van der Waals surface area contributed by atoms with Gasteiger partial charge in [-0.3, -0.25) is 4.79 Å². The predicted octanol–water partition coefficient (Wildman–Crippen LogP) is 5.77. The van der Waals surface area contributed by atoms with Gasteiger partial charge in [0.15, 0.2) is 18.9 Å². The topological polar surface area (TPSA) is 307 Å². The van der Waals surface area contributed by atoms with Crippen LogP contribution in [0.25, 0.3) is 0 Å². The lowest BCUT2D eigenvalue weighted by Crippen LogP contribution is -2.66. The molecule has 3 aliphatic rings. The Labute approximate surface area is 467 Å². The molecule has 460 valence electrons. The van der Waals surface area contributed by atoms with E-state index in [2.05, 4.69) is 19.2 Å². The van der Waals surface area contributed by atoms with Gasteiger partial charge in [0.1, 0.15) is 73.2 Å². The van der Waals surface area contributed by atoms with Crippen LogP contribution in [0.4, 0.5) is 0 Å². The van der Waals surface area contributed by atoms with Gasteiger partial charge in [0.2, 0.25) is 5.91 Å². The number of aliphatic hydroxyl groups is 11. The van der Waals surface area contributed by atoms with Gasteiger partial charge in [0, 0.05) is 6.42 Å². The van der Waals surface area contributed by atoms with E-state index in [0.717, 1.165) is 44.9 Å². The molecule has 3 heterocycles. The number of hydrogen-bond acceptors (Lipinski definition) is 18. The van der Waals surface area contributed by atoms with Crippen molar-refractivity contribution in [2.75, 3.05) is 26.4 Å². The molecule has 0 radical (unpaired) electrons. The van der Waals surface area contributed by atoms with Crippen LogP contribution in [0.5, 0.6) is 0 Å². The molecule has 3 rings (SSSR count). The molecule has 1 amide bonds. The standard InChI is InChI=1S/C59H111NO18/c1-3-5-7-9-11-13-15-17-18-19-20-21-22-23-25-26-28-30-32-34-36-43(64)42(60-47(65)37-35-33-31-29-27-24-16-14-12-10-8-6-4-2)41-73-57-53(71)50(68)55(45(39-62)75-57)78-59-54(72)51(69)56(46(40-63)76-59)77-58-52(70)49(67)48(66)44(38-61)74-58/h34,36,42-46,48-59,61-64,66-72H,3-33,35,37-41H2,1-2H3,(H,60,65)/b36-34+. The Hall–Kier alpha value is -1.47. The van der Waals surface area contributed by atoms with Crippen LogP contribution in [0.3, 0.4) is 0 Å². The third-order valence-electron chi connectivity index (χ3n) is 15.8. The van der Waals surface area contributed by atoms with Gasteiger partial charge in [-0.1, -0.05) is 212 Å². The Morgan fingerprint density at radius 2 is 0.795 bits per heavy atom. The molecule has 19 heteroatoms. The number of ether oxygens (including phenoxy) is 6. The maximum Gasteiger partial charge on any atom is 0.220 e. The average Bonchev–Trinajstić information content (AvgIpc) is 3.48. The highest BCUT2D eigenvalue weighted by atomic mass is 16.8. The average molecular weight is 1120 g/mol. The minimum Gasteiger partial charge on any atom is -0.394 e. The molecule has 0 bridgehead atoms. The van der Waals surface area contributed by atoms with E-state index in [4.69, 9.17) is 28.4 Å². The molecule has 17 atom stereocenters. The van der Waals surface area contributed by atoms with Crippen LogP contribution in [0, 0.1) is 0 Å². The molecule has 0 aliphatic carbocycles. The summed E-state index contributed by atoms with van der Waals surface area (Å²) < 4.78 is 34.2. The van der Waals surface area contributed by atoms with Crippen molar-refractivity contribution in [3.63, 3.8) is 0 Å². The highest BCUT2D eigenvalue weighted by Crippen LogP contribution is 2.33. The Morgan fingerprint density at radius 1 is 0.449 bits per heavy atom. The normalized spacial score (nSPS) is 30.5. The summed E-state index contributed by atoms with van der Waals surface area (Å²) >= 11 is 0. The van der Waals surface area contributed by atoms with E-state index in [-0.39, 0.29) is 18.9 Å². The number of carbonyl (C=O) groups excluding carboxylic acids is 1.